The van der Waals surface area contributed by atoms with E-state index in [2.05, 4.69) is 5.32 Å². The number of carbonyl (C=O) groups excluding carboxylic acids is 2. The Balaban J connectivity index is 1.58. The highest BCUT2D eigenvalue weighted by Crippen LogP contribution is 2.27. The lowest BCUT2D eigenvalue weighted by molar-refractivity contribution is -0.129. The van der Waals surface area contributed by atoms with Gasteiger partial charge in [0.05, 0.1) is 24.3 Å². The number of amides is 2. The summed E-state index contributed by atoms with van der Waals surface area (Å²) >= 11 is 0. The summed E-state index contributed by atoms with van der Waals surface area (Å²) in [4.78, 5) is 26.4. The highest BCUT2D eigenvalue weighted by atomic mass is 16.5. The number of hydrogen-bond donors (Lipinski definition) is 1. The molecule has 1 aromatic rings. The van der Waals surface area contributed by atoms with Crippen molar-refractivity contribution in [3.8, 4) is 5.75 Å². The molecule has 0 aliphatic carbocycles. The standard InChI is InChI=1S/C18H24N2O4/c1-2-23-16-8-4-3-7-15(16)19-18(22)13-10-17(21)20(11-13)12-14-6-5-9-24-14/h3-4,7-8,13-14H,2,5-6,9-12H2,1H3,(H,19,22). The molecule has 130 valence electrons. The molecule has 2 aliphatic heterocycles. The molecular formula is C18H24N2O4. The number of anilines is 1. The van der Waals surface area contributed by atoms with Crippen LogP contribution in [0.25, 0.3) is 0 Å². The summed E-state index contributed by atoms with van der Waals surface area (Å²) in [6.45, 7) is 4.26. The zero-order chi connectivity index (χ0) is 16.9. The quantitative estimate of drug-likeness (QED) is 0.866. The van der Waals surface area contributed by atoms with E-state index in [4.69, 9.17) is 9.47 Å². The molecule has 2 unspecified atom stereocenters. The van der Waals surface area contributed by atoms with Gasteiger partial charge in [0.1, 0.15) is 5.75 Å². The number of nitrogens with one attached hydrogen (secondary N) is 1. The first-order chi connectivity index (χ1) is 11.7. The number of ether oxygens (including phenoxy) is 2. The lowest BCUT2D eigenvalue weighted by Crippen LogP contribution is -2.34. The van der Waals surface area contributed by atoms with Crippen molar-refractivity contribution < 1.29 is 19.1 Å². The first-order valence-corrected chi connectivity index (χ1v) is 8.59. The van der Waals surface area contributed by atoms with Crippen LogP contribution >= 0.6 is 0 Å². The molecule has 1 aromatic carbocycles. The van der Waals surface area contributed by atoms with Crippen LogP contribution in [0.1, 0.15) is 26.2 Å². The van der Waals surface area contributed by atoms with Crippen molar-refractivity contribution in [3.05, 3.63) is 24.3 Å². The molecule has 6 nitrogen and oxygen atoms in total. The summed E-state index contributed by atoms with van der Waals surface area (Å²) in [6, 6.07) is 7.34. The van der Waals surface area contributed by atoms with Gasteiger partial charge in [-0.1, -0.05) is 12.1 Å². The van der Waals surface area contributed by atoms with Gasteiger partial charge in [-0.25, -0.2) is 0 Å². The highest BCUT2D eigenvalue weighted by Gasteiger charge is 2.36. The molecule has 2 amide bonds. The zero-order valence-electron chi connectivity index (χ0n) is 14.0. The predicted molar refractivity (Wildman–Crippen MR) is 89.9 cm³/mol. The number of carbonyl (C=O) groups is 2. The molecule has 2 fully saturated rings. The van der Waals surface area contributed by atoms with Crippen molar-refractivity contribution >= 4 is 17.5 Å². The number of hydrogen-bond acceptors (Lipinski definition) is 4. The van der Waals surface area contributed by atoms with E-state index in [0.717, 1.165) is 19.4 Å². The summed E-state index contributed by atoms with van der Waals surface area (Å²) < 4.78 is 11.1. The van der Waals surface area contributed by atoms with E-state index in [1.54, 1.807) is 4.90 Å². The minimum absolute atomic E-state index is 0.0312. The third kappa shape index (κ3) is 3.87. The summed E-state index contributed by atoms with van der Waals surface area (Å²) in [5.74, 6) is 0.219. The molecule has 2 aliphatic rings. The van der Waals surface area contributed by atoms with Crippen molar-refractivity contribution in [2.75, 3.05) is 31.6 Å². The second kappa shape index (κ2) is 7.66. The van der Waals surface area contributed by atoms with Crippen LogP contribution in [0, 0.1) is 5.92 Å². The van der Waals surface area contributed by atoms with Gasteiger partial charge in [0, 0.05) is 26.1 Å². The predicted octanol–water partition coefficient (Wildman–Crippen LogP) is 2.05. The van der Waals surface area contributed by atoms with E-state index in [9.17, 15) is 9.59 Å². The van der Waals surface area contributed by atoms with Gasteiger partial charge in [-0.2, -0.15) is 0 Å². The molecule has 3 rings (SSSR count). The van der Waals surface area contributed by atoms with E-state index < -0.39 is 0 Å². The van der Waals surface area contributed by atoms with Gasteiger partial charge in [0.15, 0.2) is 0 Å². The molecule has 6 heteroatoms. The Morgan fingerprint density at radius 2 is 2.25 bits per heavy atom. The SMILES string of the molecule is CCOc1ccccc1NC(=O)C1CC(=O)N(CC2CCCO2)C1. The molecule has 24 heavy (non-hydrogen) atoms. The Morgan fingerprint density at radius 1 is 1.42 bits per heavy atom. The minimum Gasteiger partial charge on any atom is -0.492 e. The Hall–Kier alpha value is -2.08. The van der Waals surface area contributed by atoms with Crippen LogP contribution in [0.2, 0.25) is 0 Å². The molecule has 2 atom stereocenters. The molecular weight excluding hydrogens is 308 g/mol. The molecule has 0 saturated carbocycles. The fraction of sp³-hybridized carbons (Fsp3) is 0.556. The van der Waals surface area contributed by atoms with Crippen molar-refractivity contribution in [1.82, 2.24) is 4.90 Å². The lowest BCUT2D eigenvalue weighted by atomic mass is 10.1. The number of rotatable bonds is 6. The monoisotopic (exact) mass is 332 g/mol. The van der Waals surface area contributed by atoms with Crippen molar-refractivity contribution in [3.63, 3.8) is 0 Å². The van der Waals surface area contributed by atoms with E-state index in [1.807, 2.05) is 31.2 Å². The zero-order valence-corrected chi connectivity index (χ0v) is 14.0. The molecule has 2 heterocycles. The maximum absolute atomic E-state index is 12.5. The van der Waals surface area contributed by atoms with Crippen LogP contribution in [-0.2, 0) is 14.3 Å². The average Bonchev–Trinajstić information content (AvgIpc) is 3.20. The van der Waals surface area contributed by atoms with Crippen LogP contribution in [-0.4, -0.2) is 49.1 Å². The Labute approximate surface area is 142 Å². The first-order valence-electron chi connectivity index (χ1n) is 8.59. The third-order valence-electron chi connectivity index (χ3n) is 4.48. The van der Waals surface area contributed by atoms with Gasteiger partial charge < -0.3 is 19.7 Å². The summed E-state index contributed by atoms with van der Waals surface area (Å²) in [6.07, 6.45) is 2.41. The number of benzene rings is 1. The number of likely N-dealkylation sites (tertiary alicyclic amines) is 1. The normalized spacial score (nSPS) is 23.5. The van der Waals surface area contributed by atoms with Gasteiger partial charge in [-0.3, -0.25) is 9.59 Å². The number of nitrogens with zero attached hydrogens (tertiary/aromatic N) is 1. The van der Waals surface area contributed by atoms with Crippen LogP contribution in [0.3, 0.4) is 0 Å². The van der Waals surface area contributed by atoms with E-state index in [0.29, 0.717) is 31.1 Å². The van der Waals surface area contributed by atoms with Crippen molar-refractivity contribution in [2.24, 2.45) is 5.92 Å². The second-order valence-electron chi connectivity index (χ2n) is 6.25. The van der Waals surface area contributed by atoms with Crippen molar-refractivity contribution in [1.29, 1.82) is 0 Å². The molecule has 0 aromatic heterocycles. The van der Waals surface area contributed by atoms with E-state index >= 15 is 0 Å². The second-order valence-corrected chi connectivity index (χ2v) is 6.25. The van der Waals surface area contributed by atoms with E-state index in [-0.39, 0.29) is 30.3 Å². The topological polar surface area (TPSA) is 67.9 Å². The highest BCUT2D eigenvalue weighted by molar-refractivity contribution is 5.98. The van der Waals surface area contributed by atoms with Gasteiger partial charge in [-0.15, -0.1) is 0 Å². The maximum atomic E-state index is 12.5. The average molecular weight is 332 g/mol. The fourth-order valence-electron chi connectivity index (χ4n) is 3.24. The maximum Gasteiger partial charge on any atom is 0.229 e. The Kier molecular flexibility index (Phi) is 5.35. The summed E-state index contributed by atoms with van der Waals surface area (Å²) in [5, 5.41) is 2.90. The fourth-order valence-corrected chi connectivity index (χ4v) is 3.24. The minimum atomic E-state index is -0.325. The Morgan fingerprint density at radius 3 is 3.00 bits per heavy atom. The van der Waals surface area contributed by atoms with Gasteiger partial charge >= 0.3 is 0 Å². The van der Waals surface area contributed by atoms with Crippen LogP contribution in [0.5, 0.6) is 5.75 Å². The molecule has 2 saturated heterocycles. The van der Waals surface area contributed by atoms with Crippen LogP contribution < -0.4 is 10.1 Å². The van der Waals surface area contributed by atoms with E-state index in [1.165, 1.54) is 0 Å². The largest absolute Gasteiger partial charge is 0.492 e. The number of para-hydroxylation sites is 2. The smallest absolute Gasteiger partial charge is 0.229 e. The van der Waals surface area contributed by atoms with Gasteiger partial charge in [0.2, 0.25) is 11.8 Å². The molecule has 0 spiro atoms. The Bertz CT molecular complexity index is 598. The molecule has 1 N–H and O–H groups in total. The summed E-state index contributed by atoms with van der Waals surface area (Å²) in [7, 11) is 0. The van der Waals surface area contributed by atoms with Crippen molar-refractivity contribution in [2.45, 2.75) is 32.3 Å². The molecule has 0 radical (unpaired) electrons. The van der Waals surface area contributed by atoms with Gasteiger partial charge in [-0.05, 0) is 31.9 Å². The van der Waals surface area contributed by atoms with Crippen LogP contribution in [0.4, 0.5) is 5.69 Å². The van der Waals surface area contributed by atoms with Gasteiger partial charge in [0.25, 0.3) is 0 Å². The first kappa shape index (κ1) is 16.8. The molecule has 0 bridgehead atoms. The summed E-state index contributed by atoms with van der Waals surface area (Å²) in [5.41, 5.74) is 0.648. The third-order valence-corrected chi connectivity index (χ3v) is 4.48. The van der Waals surface area contributed by atoms with Crippen LogP contribution in [0.15, 0.2) is 24.3 Å². The lowest BCUT2D eigenvalue weighted by Gasteiger charge is -2.20.